The summed E-state index contributed by atoms with van der Waals surface area (Å²) >= 11 is 0. The highest BCUT2D eigenvalue weighted by molar-refractivity contribution is 5.92. The van der Waals surface area contributed by atoms with Crippen LogP contribution in [-0.2, 0) is 4.79 Å². The highest BCUT2D eigenvalue weighted by atomic mass is 16.1. The highest BCUT2D eigenvalue weighted by Crippen LogP contribution is 2.32. The second-order valence-corrected chi connectivity index (χ2v) is 4.00. The lowest BCUT2D eigenvalue weighted by molar-refractivity contribution is -0.114. The summed E-state index contributed by atoms with van der Waals surface area (Å²) in [5.41, 5.74) is 0.253. The van der Waals surface area contributed by atoms with Gasteiger partial charge in [0, 0.05) is 6.42 Å². The van der Waals surface area contributed by atoms with Crippen LogP contribution in [0, 0.1) is 11.3 Å². The Morgan fingerprint density at radius 2 is 2.10 bits per heavy atom. The van der Waals surface area contributed by atoms with Crippen LogP contribution >= 0.6 is 0 Å². The second kappa shape index (κ2) is 2.22. The number of carbonyl (C=O) groups is 1. The molecule has 1 atom stereocenters. The van der Waals surface area contributed by atoms with Crippen LogP contribution in [0.3, 0.4) is 0 Å². The van der Waals surface area contributed by atoms with Crippen molar-refractivity contribution >= 4 is 5.78 Å². The van der Waals surface area contributed by atoms with Crippen LogP contribution in [0.1, 0.15) is 27.2 Å². The molecule has 0 spiro atoms. The SMILES string of the molecule is CC(C)(C)C1C=CC(=O)C1. The van der Waals surface area contributed by atoms with E-state index in [1.165, 1.54) is 0 Å². The monoisotopic (exact) mass is 138 g/mol. The van der Waals surface area contributed by atoms with Crippen molar-refractivity contribution < 1.29 is 4.79 Å². The second-order valence-electron chi connectivity index (χ2n) is 4.00. The lowest BCUT2D eigenvalue weighted by Gasteiger charge is -2.24. The first-order valence-electron chi connectivity index (χ1n) is 3.71. The number of rotatable bonds is 0. The summed E-state index contributed by atoms with van der Waals surface area (Å²) in [6.45, 7) is 6.50. The fourth-order valence-corrected chi connectivity index (χ4v) is 1.17. The van der Waals surface area contributed by atoms with Crippen LogP contribution in [-0.4, -0.2) is 5.78 Å². The van der Waals surface area contributed by atoms with Crippen molar-refractivity contribution in [3.05, 3.63) is 12.2 Å². The van der Waals surface area contributed by atoms with Crippen molar-refractivity contribution in [2.45, 2.75) is 27.2 Å². The molecule has 0 bridgehead atoms. The first-order valence-corrected chi connectivity index (χ1v) is 3.71. The molecule has 0 aliphatic heterocycles. The molecule has 0 aromatic carbocycles. The minimum Gasteiger partial charge on any atom is -0.295 e. The number of ketones is 1. The van der Waals surface area contributed by atoms with Gasteiger partial charge in [-0.15, -0.1) is 0 Å². The zero-order valence-corrected chi connectivity index (χ0v) is 6.85. The first kappa shape index (κ1) is 7.52. The molecule has 0 N–H and O–H groups in total. The molecule has 56 valence electrons. The van der Waals surface area contributed by atoms with E-state index in [9.17, 15) is 4.79 Å². The van der Waals surface area contributed by atoms with E-state index in [2.05, 4.69) is 20.8 Å². The van der Waals surface area contributed by atoms with E-state index in [-0.39, 0.29) is 11.2 Å². The van der Waals surface area contributed by atoms with Crippen LogP contribution < -0.4 is 0 Å². The smallest absolute Gasteiger partial charge is 0.155 e. The average molecular weight is 138 g/mol. The van der Waals surface area contributed by atoms with E-state index in [0.29, 0.717) is 12.3 Å². The van der Waals surface area contributed by atoms with Gasteiger partial charge in [0.05, 0.1) is 0 Å². The quantitative estimate of drug-likeness (QED) is 0.501. The van der Waals surface area contributed by atoms with E-state index >= 15 is 0 Å². The zero-order valence-electron chi connectivity index (χ0n) is 6.85. The maximum Gasteiger partial charge on any atom is 0.155 e. The van der Waals surface area contributed by atoms with Crippen molar-refractivity contribution in [2.24, 2.45) is 11.3 Å². The highest BCUT2D eigenvalue weighted by Gasteiger charge is 2.27. The molecular weight excluding hydrogens is 124 g/mol. The molecule has 1 aliphatic carbocycles. The molecule has 1 unspecified atom stereocenters. The molecule has 0 radical (unpaired) electrons. The van der Waals surface area contributed by atoms with Gasteiger partial charge in [0.15, 0.2) is 5.78 Å². The summed E-state index contributed by atoms with van der Waals surface area (Å²) < 4.78 is 0. The van der Waals surface area contributed by atoms with Gasteiger partial charge in [0.2, 0.25) is 0 Å². The summed E-state index contributed by atoms with van der Waals surface area (Å²) in [7, 11) is 0. The third kappa shape index (κ3) is 1.47. The summed E-state index contributed by atoms with van der Waals surface area (Å²) in [5.74, 6) is 0.736. The van der Waals surface area contributed by atoms with Gasteiger partial charge in [-0.2, -0.15) is 0 Å². The zero-order chi connectivity index (χ0) is 7.78. The Hall–Kier alpha value is -0.590. The molecular formula is C9H14O. The van der Waals surface area contributed by atoms with Gasteiger partial charge in [0.25, 0.3) is 0 Å². The van der Waals surface area contributed by atoms with Crippen LogP contribution in [0.25, 0.3) is 0 Å². The molecule has 1 nitrogen and oxygen atoms in total. The van der Waals surface area contributed by atoms with Gasteiger partial charge in [0.1, 0.15) is 0 Å². The fraction of sp³-hybridized carbons (Fsp3) is 0.667. The lowest BCUT2D eigenvalue weighted by Crippen LogP contribution is -2.17. The van der Waals surface area contributed by atoms with Gasteiger partial charge >= 0.3 is 0 Å². The Morgan fingerprint density at radius 3 is 2.30 bits per heavy atom. The maximum atomic E-state index is 10.8. The Kier molecular flexibility index (Phi) is 1.67. The average Bonchev–Trinajstić information content (AvgIpc) is 2.11. The number of carbonyl (C=O) groups excluding carboxylic acids is 1. The van der Waals surface area contributed by atoms with Gasteiger partial charge in [-0.05, 0) is 17.4 Å². The lowest BCUT2D eigenvalue weighted by atomic mass is 9.80. The van der Waals surface area contributed by atoms with Gasteiger partial charge in [-0.3, -0.25) is 4.79 Å². The largest absolute Gasteiger partial charge is 0.295 e. The van der Waals surface area contributed by atoms with E-state index in [1.54, 1.807) is 6.08 Å². The molecule has 0 heterocycles. The standard InChI is InChI=1S/C9H14O/c1-9(2,3)7-4-5-8(10)6-7/h4-5,7H,6H2,1-3H3. The van der Waals surface area contributed by atoms with Crippen molar-refractivity contribution in [2.75, 3.05) is 0 Å². The van der Waals surface area contributed by atoms with E-state index in [1.807, 2.05) is 6.08 Å². The Morgan fingerprint density at radius 1 is 1.50 bits per heavy atom. The van der Waals surface area contributed by atoms with Gasteiger partial charge < -0.3 is 0 Å². The molecule has 1 rings (SSSR count). The summed E-state index contributed by atoms with van der Waals surface area (Å²) in [6, 6.07) is 0. The van der Waals surface area contributed by atoms with Gasteiger partial charge in [-0.1, -0.05) is 26.8 Å². The minimum atomic E-state index is 0.253. The number of hydrogen-bond acceptors (Lipinski definition) is 1. The number of hydrogen-bond donors (Lipinski definition) is 0. The van der Waals surface area contributed by atoms with E-state index in [4.69, 9.17) is 0 Å². The van der Waals surface area contributed by atoms with E-state index in [0.717, 1.165) is 0 Å². The van der Waals surface area contributed by atoms with Crippen molar-refractivity contribution in [3.63, 3.8) is 0 Å². The first-order chi connectivity index (χ1) is 4.50. The van der Waals surface area contributed by atoms with Crippen molar-refractivity contribution in [1.82, 2.24) is 0 Å². The summed E-state index contributed by atoms with van der Waals surface area (Å²) in [6.07, 6.45) is 4.45. The molecule has 0 amide bonds. The predicted octanol–water partition coefficient (Wildman–Crippen LogP) is 2.18. The third-order valence-electron chi connectivity index (χ3n) is 2.05. The minimum absolute atomic E-state index is 0.253. The molecule has 0 aromatic heterocycles. The Labute approximate surface area is 62.1 Å². The van der Waals surface area contributed by atoms with E-state index < -0.39 is 0 Å². The third-order valence-corrected chi connectivity index (χ3v) is 2.05. The van der Waals surface area contributed by atoms with Crippen molar-refractivity contribution in [3.8, 4) is 0 Å². The predicted molar refractivity (Wildman–Crippen MR) is 41.7 cm³/mol. The molecule has 10 heavy (non-hydrogen) atoms. The molecule has 0 aromatic rings. The Bertz CT molecular complexity index is 172. The van der Waals surface area contributed by atoms with Crippen LogP contribution in [0.15, 0.2) is 12.2 Å². The molecule has 1 aliphatic rings. The van der Waals surface area contributed by atoms with Gasteiger partial charge in [-0.25, -0.2) is 0 Å². The molecule has 0 saturated heterocycles. The summed E-state index contributed by atoms with van der Waals surface area (Å²) in [5, 5.41) is 0. The molecule has 0 saturated carbocycles. The summed E-state index contributed by atoms with van der Waals surface area (Å²) in [4.78, 5) is 10.8. The maximum absolute atomic E-state index is 10.8. The number of allylic oxidation sites excluding steroid dienone is 2. The molecule has 0 fully saturated rings. The normalized spacial score (nSPS) is 25.9. The fourth-order valence-electron chi connectivity index (χ4n) is 1.17. The van der Waals surface area contributed by atoms with Crippen LogP contribution in [0.2, 0.25) is 0 Å². The van der Waals surface area contributed by atoms with Crippen LogP contribution in [0.5, 0.6) is 0 Å². The van der Waals surface area contributed by atoms with Crippen molar-refractivity contribution in [1.29, 1.82) is 0 Å². The Balaban J connectivity index is 2.63. The van der Waals surface area contributed by atoms with Crippen LogP contribution in [0.4, 0.5) is 0 Å². The molecule has 1 heteroatoms. The topological polar surface area (TPSA) is 17.1 Å².